The zero-order chi connectivity index (χ0) is 40.1. The summed E-state index contributed by atoms with van der Waals surface area (Å²) in [4.78, 5) is 2.49. The molecule has 3 aliphatic carbocycles. The number of fused-ring (bicyclic) bond motifs is 7. The van der Waals surface area contributed by atoms with Crippen LogP contribution in [0.5, 0.6) is 0 Å². The second-order valence-corrected chi connectivity index (χ2v) is 18.4. The molecule has 59 heavy (non-hydrogen) atoms. The summed E-state index contributed by atoms with van der Waals surface area (Å²) >= 11 is 0. The van der Waals surface area contributed by atoms with Crippen LogP contribution in [0.4, 0.5) is 17.1 Å². The summed E-state index contributed by atoms with van der Waals surface area (Å²) in [6, 6.07) is 73.3. The number of hydrogen-bond donors (Lipinski definition) is 0. The van der Waals surface area contributed by atoms with Gasteiger partial charge < -0.3 is 4.90 Å². The highest BCUT2D eigenvalue weighted by Crippen LogP contribution is 2.59. The average Bonchev–Trinajstić information content (AvgIpc) is 3.79. The Morgan fingerprint density at radius 3 is 1.24 bits per heavy atom. The fraction of sp³-hybridized carbons (Fsp3) is 0.172. The van der Waals surface area contributed by atoms with E-state index in [4.69, 9.17) is 0 Å². The molecule has 0 radical (unpaired) electrons. The fourth-order valence-corrected chi connectivity index (χ4v) is 11.5. The predicted octanol–water partition coefficient (Wildman–Crippen LogP) is 14.8. The van der Waals surface area contributed by atoms with Crippen molar-refractivity contribution in [1.82, 2.24) is 0 Å². The van der Waals surface area contributed by atoms with E-state index in [1.807, 2.05) is 0 Å². The Hall–Kier alpha value is -6.44. The van der Waals surface area contributed by atoms with Gasteiger partial charge in [-0.25, -0.2) is 0 Å². The summed E-state index contributed by atoms with van der Waals surface area (Å²) < 4.78 is 0. The SMILES string of the molecule is CC1(C)c2ccccc2-c2ccc(N(c3ccc(C4(c5ccccc5)CC(C)(c5ccccc5)c5ccccc54)cc3)c3ccc4c(c3)C(C)(C)c3ccccc3-4)cc21. The maximum atomic E-state index is 2.49. The van der Waals surface area contributed by atoms with Crippen molar-refractivity contribution in [2.45, 2.75) is 62.7 Å². The first-order valence-electron chi connectivity index (χ1n) is 21.2. The Labute approximate surface area is 349 Å². The molecule has 0 N–H and O–H groups in total. The van der Waals surface area contributed by atoms with E-state index in [9.17, 15) is 0 Å². The van der Waals surface area contributed by atoms with E-state index in [1.165, 1.54) is 83.7 Å². The number of anilines is 3. The monoisotopic (exact) mass is 759 g/mol. The van der Waals surface area contributed by atoms with Crippen LogP contribution in [0, 0.1) is 0 Å². The zero-order valence-corrected chi connectivity index (χ0v) is 34.6. The molecule has 0 heterocycles. The first-order chi connectivity index (χ1) is 28.6. The lowest BCUT2D eigenvalue weighted by molar-refractivity contribution is 0.473. The van der Waals surface area contributed by atoms with Crippen LogP contribution < -0.4 is 4.90 Å². The molecule has 0 bridgehead atoms. The van der Waals surface area contributed by atoms with Crippen LogP contribution in [-0.2, 0) is 21.7 Å². The van der Waals surface area contributed by atoms with Crippen molar-refractivity contribution in [2.75, 3.05) is 4.90 Å². The van der Waals surface area contributed by atoms with Crippen LogP contribution in [0.2, 0.25) is 0 Å². The van der Waals surface area contributed by atoms with Gasteiger partial charge in [0.05, 0.1) is 0 Å². The van der Waals surface area contributed by atoms with E-state index in [-0.39, 0.29) is 21.7 Å². The van der Waals surface area contributed by atoms with Crippen molar-refractivity contribution >= 4 is 17.1 Å². The molecule has 1 heteroatoms. The minimum absolute atomic E-state index is 0.109. The summed E-state index contributed by atoms with van der Waals surface area (Å²) in [7, 11) is 0. The van der Waals surface area contributed by atoms with Gasteiger partial charge in [0.15, 0.2) is 0 Å². The third kappa shape index (κ3) is 5.04. The summed E-state index contributed by atoms with van der Waals surface area (Å²) in [5, 5.41) is 0. The van der Waals surface area contributed by atoms with Gasteiger partial charge in [-0.05, 0) is 115 Å². The zero-order valence-electron chi connectivity index (χ0n) is 34.6. The van der Waals surface area contributed by atoms with E-state index in [0.29, 0.717) is 0 Å². The lowest BCUT2D eigenvalue weighted by Crippen LogP contribution is -2.30. The van der Waals surface area contributed by atoms with Crippen LogP contribution in [0.15, 0.2) is 194 Å². The van der Waals surface area contributed by atoms with E-state index < -0.39 is 0 Å². The normalized spacial score (nSPS) is 19.9. The second kappa shape index (κ2) is 12.8. The number of hydrogen-bond acceptors (Lipinski definition) is 1. The average molecular weight is 760 g/mol. The molecule has 0 amide bonds. The van der Waals surface area contributed by atoms with Gasteiger partial charge in [0.2, 0.25) is 0 Å². The molecule has 11 rings (SSSR count). The molecule has 1 nitrogen and oxygen atoms in total. The first kappa shape index (κ1) is 35.7. The molecule has 0 saturated carbocycles. The molecule has 0 spiro atoms. The quantitative estimate of drug-likeness (QED) is 0.163. The second-order valence-electron chi connectivity index (χ2n) is 18.4. The molecular formula is C58H49N. The molecule has 0 aliphatic heterocycles. The maximum Gasteiger partial charge on any atom is 0.0466 e. The van der Waals surface area contributed by atoms with E-state index in [2.05, 4.69) is 234 Å². The van der Waals surface area contributed by atoms with Crippen molar-refractivity contribution in [3.63, 3.8) is 0 Å². The molecule has 8 aromatic carbocycles. The van der Waals surface area contributed by atoms with Crippen LogP contribution in [0.1, 0.15) is 91.1 Å². The summed E-state index contributed by atoms with van der Waals surface area (Å²) in [6.45, 7) is 12.0. The summed E-state index contributed by atoms with van der Waals surface area (Å²) in [5.74, 6) is 0. The van der Waals surface area contributed by atoms with Gasteiger partial charge in [-0.3, -0.25) is 0 Å². The Morgan fingerprint density at radius 2 is 0.712 bits per heavy atom. The maximum absolute atomic E-state index is 2.49. The van der Waals surface area contributed by atoms with E-state index in [0.717, 1.165) is 12.1 Å². The van der Waals surface area contributed by atoms with Gasteiger partial charge in [-0.1, -0.05) is 192 Å². The molecule has 3 aliphatic rings. The summed E-state index contributed by atoms with van der Waals surface area (Å²) in [5.41, 5.74) is 20.5. The van der Waals surface area contributed by atoms with Crippen molar-refractivity contribution in [3.8, 4) is 22.3 Å². The topological polar surface area (TPSA) is 3.24 Å². The molecule has 0 aromatic heterocycles. The first-order valence-corrected chi connectivity index (χ1v) is 21.2. The highest BCUT2D eigenvalue weighted by molar-refractivity contribution is 5.88. The predicted molar refractivity (Wildman–Crippen MR) is 247 cm³/mol. The van der Waals surface area contributed by atoms with Crippen LogP contribution in [-0.4, -0.2) is 0 Å². The van der Waals surface area contributed by atoms with Gasteiger partial charge in [0, 0.05) is 38.7 Å². The Balaban J connectivity index is 1.09. The van der Waals surface area contributed by atoms with E-state index >= 15 is 0 Å². The van der Waals surface area contributed by atoms with E-state index in [1.54, 1.807) is 0 Å². The minimum Gasteiger partial charge on any atom is -0.310 e. The minimum atomic E-state index is -0.335. The molecule has 2 unspecified atom stereocenters. The van der Waals surface area contributed by atoms with Gasteiger partial charge >= 0.3 is 0 Å². The lowest BCUT2D eigenvalue weighted by atomic mass is 9.67. The van der Waals surface area contributed by atoms with Gasteiger partial charge in [-0.2, -0.15) is 0 Å². The van der Waals surface area contributed by atoms with Crippen molar-refractivity contribution in [2.24, 2.45) is 0 Å². The number of benzene rings is 8. The third-order valence-electron chi connectivity index (χ3n) is 14.5. The van der Waals surface area contributed by atoms with Crippen molar-refractivity contribution in [1.29, 1.82) is 0 Å². The van der Waals surface area contributed by atoms with Gasteiger partial charge in [-0.15, -0.1) is 0 Å². The Morgan fingerprint density at radius 1 is 0.322 bits per heavy atom. The highest BCUT2D eigenvalue weighted by Gasteiger charge is 2.52. The number of rotatable bonds is 6. The molecule has 8 aromatic rings. The van der Waals surface area contributed by atoms with Crippen molar-refractivity contribution in [3.05, 3.63) is 244 Å². The molecule has 286 valence electrons. The Kier molecular flexibility index (Phi) is 7.73. The molecule has 0 saturated heterocycles. The van der Waals surface area contributed by atoms with Crippen molar-refractivity contribution < 1.29 is 0 Å². The molecule has 0 fully saturated rings. The lowest BCUT2D eigenvalue weighted by Gasteiger charge is -2.35. The third-order valence-corrected chi connectivity index (χ3v) is 14.5. The Bertz CT molecular complexity index is 2810. The smallest absolute Gasteiger partial charge is 0.0466 e. The van der Waals surface area contributed by atoms with Gasteiger partial charge in [0.1, 0.15) is 0 Å². The van der Waals surface area contributed by atoms with Crippen LogP contribution in [0.25, 0.3) is 22.3 Å². The van der Waals surface area contributed by atoms with Gasteiger partial charge in [0.25, 0.3) is 0 Å². The largest absolute Gasteiger partial charge is 0.310 e. The molecule has 2 atom stereocenters. The highest BCUT2D eigenvalue weighted by atomic mass is 15.1. The van der Waals surface area contributed by atoms with Crippen LogP contribution in [0.3, 0.4) is 0 Å². The fourth-order valence-electron chi connectivity index (χ4n) is 11.5. The summed E-state index contributed by atoms with van der Waals surface area (Å²) in [6.07, 6.45) is 0.942. The number of nitrogens with zero attached hydrogens (tertiary/aromatic N) is 1. The standard InChI is InChI=1S/C58H49N/c1-55(2)49-24-14-12-22-45(49)47-34-32-43(36-53(47)55)59(44-33-35-48-46-23-13-15-25-50(46)56(3,4)54(48)37-44)42-30-28-41(29-31-42)58(40-20-10-7-11-21-40)38-57(5,39-18-8-6-9-19-39)51-26-16-17-27-52(51)58/h6-37H,38H2,1-5H3. The van der Waals surface area contributed by atoms with Crippen LogP contribution >= 0.6 is 0 Å². The molecular weight excluding hydrogens is 711 g/mol.